The summed E-state index contributed by atoms with van der Waals surface area (Å²) in [6.45, 7) is 0.613. The first kappa shape index (κ1) is 13.4. The van der Waals surface area contributed by atoms with Crippen molar-refractivity contribution in [3.8, 4) is 5.75 Å². The summed E-state index contributed by atoms with van der Waals surface area (Å²) in [4.78, 5) is 0. The highest BCUT2D eigenvalue weighted by Crippen LogP contribution is 2.23. The van der Waals surface area contributed by atoms with Gasteiger partial charge in [-0.05, 0) is 31.4 Å². The fraction of sp³-hybridized carbons (Fsp3) is 0.571. The molecule has 1 aliphatic carbocycles. The van der Waals surface area contributed by atoms with E-state index >= 15 is 0 Å². The lowest BCUT2D eigenvalue weighted by Crippen LogP contribution is -2.15. The number of anilines is 1. The molecule has 1 fully saturated rings. The van der Waals surface area contributed by atoms with E-state index in [2.05, 4.69) is 0 Å². The van der Waals surface area contributed by atoms with Gasteiger partial charge in [0.15, 0.2) is 0 Å². The molecule has 0 spiro atoms. The van der Waals surface area contributed by atoms with Crippen LogP contribution in [0.1, 0.15) is 32.1 Å². The van der Waals surface area contributed by atoms with E-state index in [0.29, 0.717) is 17.5 Å². The number of nitrogens with two attached hydrogens (primary N) is 1. The van der Waals surface area contributed by atoms with Gasteiger partial charge in [-0.3, -0.25) is 4.21 Å². The third-order valence-electron chi connectivity index (χ3n) is 3.29. The maximum Gasteiger partial charge on any atom is 0.121 e. The van der Waals surface area contributed by atoms with Gasteiger partial charge in [0.1, 0.15) is 5.75 Å². The second-order valence-corrected chi connectivity index (χ2v) is 6.60. The fourth-order valence-corrected chi connectivity index (χ4v) is 3.91. The van der Waals surface area contributed by atoms with E-state index in [-0.39, 0.29) is 0 Å². The van der Waals surface area contributed by atoms with Gasteiger partial charge in [-0.15, -0.1) is 0 Å². The van der Waals surface area contributed by atoms with Gasteiger partial charge in [-0.2, -0.15) is 0 Å². The molecule has 100 valence electrons. The van der Waals surface area contributed by atoms with E-state index in [4.69, 9.17) is 10.5 Å². The molecule has 0 amide bonds. The summed E-state index contributed by atoms with van der Waals surface area (Å²) < 4.78 is 17.5. The Hall–Kier alpha value is -1.03. The van der Waals surface area contributed by atoms with Crippen LogP contribution in [0.4, 0.5) is 5.69 Å². The van der Waals surface area contributed by atoms with Crippen molar-refractivity contribution >= 4 is 16.5 Å². The van der Waals surface area contributed by atoms with Crippen LogP contribution in [0.2, 0.25) is 0 Å². The number of hydrogen-bond acceptors (Lipinski definition) is 3. The van der Waals surface area contributed by atoms with E-state index in [1.165, 1.54) is 12.8 Å². The summed E-state index contributed by atoms with van der Waals surface area (Å²) in [6, 6.07) is 7.42. The minimum absolute atomic E-state index is 0.442. The van der Waals surface area contributed by atoms with Crippen molar-refractivity contribution in [3.63, 3.8) is 0 Å². The zero-order chi connectivity index (χ0) is 12.8. The van der Waals surface area contributed by atoms with E-state index in [1.54, 1.807) is 0 Å². The molecule has 2 rings (SSSR count). The molecular weight excluding hydrogens is 246 g/mol. The fourth-order valence-electron chi connectivity index (χ4n) is 2.31. The van der Waals surface area contributed by atoms with Crippen molar-refractivity contribution in [1.29, 1.82) is 0 Å². The molecule has 1 saturated carbocycles. The quantitative estimate of drug-likeness (QED) is 0.637. The van der Waals surface area contributed by atoms with Gasteiger partial charge in [0, 0.05) is 33.6 Å². The lowest BCUT2D eigenvalue weighted by molar-refractivity contribution is 0.318. The van der Waals surface area contributed by atoms with Crippen LogP contribution >= 0.6 is 0 Å². The van der Waals surface area contributed by atoms with Crippen LogP contribution in [0.3, 0.4) is 0 Å². The molecule has 0 heterocycles. The van der Waals surface area contributed by atoms with Crippen molar-refractivity contribution in [3.05, 3.63) is 24.3 Å². The van der Waals surface area contributed by atoms with Crippen molar-refractivity contribution < 1.29 is 8.95 Å². The standard InChI is InChI=1S/C14H21NO2S/c15-12-5-3-6-13(11-12)17-9-4-10-18(16)14-7-1-2-8-14/h3,5-6,11,14H,1-2,4,7-10,15H2. The highest BCUT2D eigenvalue weighted by atomic mass is 32.2. The van der Waals surface area contributed by atoms with Crippen molar-refractivity contribution in [2.45, 2.75) is 37.4 Å². The average molecular weight is 267 g/mol. The molecule has 3 nitrogen and oxygen atoms in total. The Labute approximate surface area is 111 Å². The molecule has 1 aliphatic rings. The van der Waals surface area contributed by atoms with Crippen LogP contribution in [-0.2, 0) is 10.8 Å². The van der Waals surface area contributed by atoms with Crippen molar-refractivity contribution in [2.24, 2.45) is 0 Å². The van der Waals surface area contributed by atoms with Gasteiger partial charge in [-0.25, -0.2) is 0 Å². The number of nitrogen functional groups attached to an aromatic ring is 1. The van der Waals surface area contributed by atoms with E-state index in [0.717, 1.165) is 30.8 Å². The molecule has 18 heavy (non-hydrogen) atoms. The maximum atomic E-state index is 11.9. The predicted molar refractivity (Wildman–Crippen MR) is 76.2 cm³/mol. The van der Waals surface area contributed by atoms with E-state index in [9.17, 15) is 4.21 Å². The van der Waals surface area contributed by atoms with Crippen LogP contribution < -0.4 is 10.5 Å². The molecule has 1 unspecified atom stereocenters. The first-order chi connectivity index (χ1) is 8.75. The van der Waals surface area contributed by atoms with Crippen LogP contribution in [0, 0.1) is 0 Å². The third-order valence-corrected chi connectivity index (χ3v) is 5.20. The molecule has 0 radical (unpaired) electrons. The van der Waals surface area contributed by atoms with Gasteiger partial charge in [0.25, 0.3) is 0 Å². The molecule has 0 aromatic heterocycles. The summed E-state index contributed by atoms with van der Waals surface area (Å²) in [5.41, 5.74) is 6.38. The molecule has 0 saturated heterocycles. The molecule has 4 heteroatoms. The maximum absolute atomic E-state index is 11.9. The Bertz CT molecular complexity index is 403. The number of rotatable bonds is 6. The summed E-state index contributed by atoms with van der Waals surface area (Å²) in [7, 11) is -0.662. The Kier molecular flexibility index (Phi) is 5.05. The average Bonchev–Trinajstić information content (AvgIpc) is 2.88. The highest BCUT2D eigenvalue weighted by Gasteiger charge is 2.20. The topological polar surface area (TPSA) is 52.3 Å². The Morgan fingerprint density at radius 2 is 2.11 bits per heavy atom. The van der Waals surface area contributed by atoms with Gasteiger partial charge >= 0.3 is 0 Å². The molecule has 1 atom stereocenters. The molecule has 1 aromatic carbocycles. The number of hydrogen-bond donors (Lipinski definition) is 1. The van der Waals surface area contributed by atoms with E-state index in [1.807, 2.05) is 24.3 Å². The minimum Gasteiger partial charge on any atom is -0.493 e. The smallest absolute Gasteiger partial charge is 0.121 e. The van der Waals surface area contributed by atoms with Crippen LogP contribution in [0.25, 0.3) is 0 Å². The SMILES string of the molecule is Nc1cccc(OCCCS(=O)C2CCCC2)c1. The lowest BCUT2D eigenvalue weighted by atomic mass is 10.3. The summed E-state index contributed by atoms with van der Waals surface area (Å²) in [6.07, 6.45) is 5.62. The number of benzene rings is 1. The molecular formula is C14H21NO2S. The Morgan fingerprint density at radius 3 is 2.83 bits per heavy atom. The molecule has 0 bridgehead atoms. The molecule has 2 N–H and O–H groups in total. The minimum atomic E-state index is -0.662. The molecule has 0 aliphatic heterocycles. The normalized spacial score (nSPS) is 17.8. The second-order valence-electron chi connectivity index (χ2n) is 4.77. The van der Waals surface area contributed by atoms with Crippen LogP contribution in [-0.4, -0.2) is 21.8 Å². The van der Waals surface area contributed by atoms with Gasteiger partial charge < -0.3 is 10.5 Å². The molecule has 1 aromatic rings. The Balaban J connectivity index is 1.65. The second kappa shape index (κ2) is 6.78. The van der Waals surface area contributed by atoms with Crippen LogP contribution in [0.15, 0.2) is 24.3 Å². The third kappa shape index (κ3) is 4.02. The first-order valence-corrected chi connectivity index (χ1v) is 7.99. The highest BCUT2D eigenvalue weighted by molar-refractivity contribution is 7.85. The van der Waals surface area contributed by atoms with Gasteiger partial charge in [0.2, 0.25) is 0 Å². The van der Waals surface area contributed by atoms with Crippen molar-refractivity contribution in [2.75, 3.05) is 18.1 Å². The van der Waals surface area contributed by atoms with Crippen molar-refractivity contribution in [1.82, 2.24) is 0 Å². The predicted octanol–water partition coefficient (Wildman–Crippen LogP) is 2.73. The Morgan fingerprint density at radius 1 is 1.33 bits per heavy atom. The summed E-state index contributed by atoms with van der Waals surface area (Å²) in [5.74, 6) is 1.55. The zero-order valence-electron chi connectivity index (χ0n) is 10.6. The first-order valence-electron chi connectivity index (χ1n) is 6.61. The van der Waals surface area contributed by atoms with Crippen LogP contribution in [0.5, 0.6) is 5.75 Å². The summed E-state index contributed by atoms with van der Waals surface area (Å²) >= 11 is 0. The zero-order valence-corrected chi connectivity index (χ0v) is 11.5. The monoisotopic (exact) mass is 267 g/mol. The largest absolute Gasteiger partial charge is 0.493 e. The van der Waals surface area contributed by atoms with Gasteiger partial charge in [-0.1, -0.05) is 18.9 Å². The van der Waals surface area contributed by atoms with Gasteiger partial charge in [0.05, 0.1) is 6.61 Å². The van der Waals surface area contributed by atoms with E-state index < -0.39 is 10.8 Å². The number of ether oxygens (including phenoxy) is 1. The summed E-state index contributed by atoms with van der Waals surface area (Å²) in [5, 5.41) is 0.442. The lowest BCUT2D eigenvalue weighted by Gasteiger charge is -2.10.